The number of hydrogen-bond acceptors (Lipinski definition) is 4. The van der Waals surface area contributed by atoms with Gasteiger partial charge in [-0.1, -0.05) is 18.6 Å². The van der Waals surface area contributed by atoms with Crippen molar-refractivity contribution in [2.45, 2.75) is 38.6 Å². The number of carbonyl (C=O) groups excluding carboxylic acids is 1. The average molecular weight is 383 g/mol. The van der Waals surface area contributed by atoms with Crippen LogP contribution in [0.15, 0.2) is 48.5 Å². The van der Waals surface area contributed by atoms with E-state index in [9.17, 15) is 4.79 Å². The number of carbonyl (C=O) groups is 1. The molecular weight excluding hydrogens is 352 g/mol. The zero-order chi connectivity index (χ0) is 19.6. The zero-order valence-electron chi connectivity index (χ0n) is 16.7. The van der Waals surface area contributed by atoms with E-state index in [-0.39, 0.29) is 5.91 Å². The van der Waals surface area contributed by atoms with Crippen molar-refractivity contribution in [1.82, 2.24) is 4.90 Å². The maximum atomic E-state index is 12.1. The Kier molecular flexibility index (Phi) is 7.73. The molecule has 2 aromatic carbocycles. The molecule has 3 rings (SSSR count). The van der Waals surface area contributed by atoms with Crippen molar-refractivity contribution in [3.05, 3.63) is 54.1 Å². The summed E-state index contributed by atoms with van der Waals surface area (Å²) in [5, 5.41) is 2.96. The number of amides is 1. The Morgan fingerprint density at radius 3 is 2.32 bits per heavy atom. The Morgan fingerprint density at radius 2 is 1.64 bits per heavy atom. The lowest BCUT2D eigenvalue weighted by Gasteiger charge is -2.26. The first-order valence-corrected chi connectivity index (χ1v) is 10.1. The fourth-order valence-electron chi connectivity index (χ4n) is 3.39. The number of nitrogens with one attached hydrogen (secondary N) is 1. The first-order chi connectivity index (χ1) is 13.7. The van der Waals surface area contributed by atoms with Gasteiger partial charge in [0.2, 0.25) is 5.91 Å². The van der Waals surface area contributed by atoms with Gasteiger partial charge in [-0.05, 0) is 74.3 Å². The highest BCUT2D eigenvalue weighted by molar-refractivity contribution is 5.90. The van der Waals surface area contributed by atoms with Crippen molar-refractivity contribution in [1.29, 1.82) is 0 Å². The molecular formula is C23H30N2O3. The molecule has 28 heavy (non-hydrogen) atoms. The van der Waals surface area contributed by atoms with Gasteiger partial charge in [-0.15, -0.1) is 0 Å². The zero-order valence-corrected chi connectivity index (χ0v) is 16.7. The number of benzene rings is 2. The van der Waals surface area contributed by atoms with E-state index >= 15 is 0 Å². The van der Waals surface area contributed by atoms with E-state index in [1.807, 2.05) is 36.4 Å². The molecule has 0 unspecified atom stereocenters. The third-order valence-electron chi connectivity index (χ3n) is 4.97. The van der Waals surface area contributed by atoms with Crippen molar-refractivity contribution in [3.63, 3.8) is 0 Å². The minimum atomic E-state index is 0.0158. The van der Waals surface area contributed by atoms with Gasteiger partial charge >= 0.3 is 0 Å². The van der Waals surface area contributed by atoms with Crippen LogP contribution in [0.5, 0.6) is 11.5 Å². The van der Waals surface area contributed by atoms with Crippen LogP contribution in [0.2, 0.25) is 0 Å². The normalized spacial score (nSPS) is 14.5. The number of hydrogen-bond donors (Lipinski definition) is 1. The van der Waals surface area contributed by atoms with Gasteiger partial charge in [0.25, 0.3) is 0 Å². The number of rotatable bonds is 9. The van der Waals surface area contributed by atoms with Crippen molar-refractivity contribution in [2.75, 3.05) is 32.1 Å². The molecule has 0 saturated carbocycles. The second-order valence-corrected chi connectivity index (χ2v) is 7.21. The molecule has 1 aliphatic heterocycles. The number of likely N-dealkylation sites (tertiary alicyclic amines) is 1. The van der Waals surface area contributed by atoms with Crippen molar-refractivity contribution in [2.24, 2.45) is 0 Å². The smallest absolute Gasteiger partial charge is 0.224 e. The van der Waals surface area contributed by atoms with Crippen LogP contribution in [0.25, 0.3) is 0 Å². The molecule has 1 saturated heterocycles. The molecule has 0 bridgehead atoms. The molecule has 2 aromatic rings. The monoisotopic (exact) mass is 382 g/mol. The standard InChI is InChI=1S/C23H30N2O3/c1-27-21-11-13-22(14-12-21)28-17-5-6-23(26)24-20-9-7-19(8-10-20)18-25-15-3-2-4-16-25/h7-14H,2-6,15-18H2,1H3,(H,24,26). The molecule has 1 N–H and O–H groups in total. The van der Waals surface area contributed by atoms with Gasteiger partial charge in [0.15, 0.2) is 0 Å². The molecule has 0 spiro atoms. The Hall–Kier alpha value is -2.53. The summed E-state index contributed by atoms with van der Waals surface area (Å²) in [7, 11) is 1.64. The van der Waals surface area contributed by atoms with Crippen LogP contribution < -0.4 is 14.8 Å². The molecule has 1 heterocycles. The topological polar surface area (TPSA) is 50.8 Å². The molecule has 1 aliphatic rings. The molecule has 1 amide bonds. The van der Waals surface area contributed by atoms with Crippen LogP contribution in [0.1, 0.15) is 37.7 Å². The largest absolute Gasteiger partial charge is 0.497 e. The second-order valence-electron chi connectivity index (χ2n) is 7.21. The Balaban J connectivity index is 1.34. The predicted molar refractivity (Wildman–Crippen MR) is 112 cm³/mol. The molecule has 0 aromatic heterocycles. The van der Waals surface area contributed by atoms with E-state index in [0.29, 0.717) is 19.4 Å². The maximum absolute atomic E-state index is 12.1. The minimum absolute atomic E-state index is 0.0158. The van der Waals surface area contributed by atoms with Crippen LogP contribution >= 0.6 is 0 Å². The van der Waals surface area contributed by atoms with Crippen LogP contribution in [0, 0.1) is 0 Å². The first kappa shape index (κ1) is 20.2. The van der Waals surface area contributed by atoms with Gasteiger partial charge in [-0.25, -0.2) is 0 Å². The Labute approximate surface area is 167 Å². The van der Waals surface area contributed by atoms with Gasteiger partial charge in [0.05, 0.1) is 13.7 Å². The molecule has 0 radical (unpaired) electrons. The summed E-state index contributed by atoms with van der Waals surface area (Å²) in [5.41, 5.74) is 2.15. The quantitative estimate of drug-likeness (QED) is 0.650. The fraction of sp³-hybridized carbons (Fsp3) is 0.435. The molecule has 1 fully saturated rings. The summed E-state index contributed by atoms with van der Waals surface area (Å²) in [4.78, 5) is 14.6. The van der Waals surface area contributed by atoms with Crippen molar-refractivity contribution >= 4 is 11.6 Å². The highest BCUT2D eigenvalue weighted by atomic mass is 16.5. The van der Waals surface area contributed by atoms with Gasteiger partial charge in [-0.2, -0.15) is 0 Å². The van der Waals surface area contributed by atoms with E-state index in [2.05, 4.69) is 22.3 Å². The van der Waals surface area contributed by atoms with Gasteiger partial charge in [0.1, 0.15) is 11.5 Å². The molecule has 150 valence electrons. The van der Waals surface area contributed by atoms with Crippen LogP contribution in [0.4, 0.5) is 5.69 Å². The highest BCUT2D eigenvalue weighted by Crippen LogP contribution is 2.18. The Bertz CT molecular complexity index is 723. The van der Waals surface area contributed by atoms with Gasteiger partial charge in [0, 0.05) is 18.7 Å². The Morgan fingerprint density at radius 1 is 0.964 bits per heavy atom. The summed E-state index contributed by atoms with van der Waals surface area (Å²) in [6.07, 6.45) is 5.07. The number of ether oxygens (including phenoxy) is 2. The number of methoxy groups -OCH3 is 1. The summed E-state index contributed by atoms with van der Waals surface area (Å²) >= 11 is 0. The molecule has 0 atom stereocenters. The van der Waals surface area contributed by atoms with Crippen molar-refractivity contribution in [3.8, 4) is 11.5 Å². The summed E-state index contributed by atoms with van der Waals surface area (Å²) in [5.74, 6) is 1.60. The van der Waals surface area contributed by atoms with Gasteiger partial charge < -0.3 is 14.8 Å². The van der Waals surface area contributed by atoms with Crippen LogP contribution in [-0.4, -0.2) is 37.6 Å². The van der Waals surface area contributed by atoms with E-state index in [1.54, 1.807) is 7.11 Å². The fourth-order valence-corrected chi connectivity index (χ4v) is 3.39. The van der Waals surface area contributed by atoms with Crippen molar-refractivity contribution < 1.29 is 14.3 Å². The van der Waals surface area contributed by atoms with Gasteiger partial charge in [-0.3, -0.25) is 9.69 Å². The predicted octanol–water partition coefficient (Wildman–Crippen LogP) is 4.48. The minimum Gasteiger partial charge on any atom is -0.497 e. The number of anilines is 1. The molecule has 5 heteroatoms. The lowest BCUT2D eigenvalue weighted by Crippen LogP contribution is -2.29. The third-order valence-corrected chi connectivity index (χ3v) is 4.97. The lowest BCUT2D eigenvalue weighted by atomic mass is 10.1. The van der Waals surface area contributed by atoms with Crippen LogP contribution in [0.3, 0.4) is 0 Å². The van der Waals surface area contributed by atoms with E-state index in [0.717, 1.165) is 23.7 Å². The summed E-state index contributed by atoms with van der Waals surface area (Å²) in [6.45, 7) is 3.89. The number of nitrogens with zero attached hydrogens (tertiary/aromatic N) is 1. The maximum Gasteiger partial charge on any atom is 0.224 e. The third kappa shape index (κ3) is 6.57. The summed E-state index contributed by atoms with van der Waals surface area (Å²) < 4.78 is 10.8. The first-order valence-electron chi connectivity index (χ1n) is 10.1. The molecule has 5 nitrogen and oxygen atoms in total. The SMILES string of the molecule is COc1ccc(OCCCC(=O)Nc2ccc(CN3CCCCC3)cc2)cc1. The van der Waals surface area contributed by atoms with Crippen LogP contribution in [-0.2, 0) is 11.3 Å². The van der Waals surface area contributed by atoms with E-state index in [4.69, 9.17) is 9.47 Å². The van der Waals surface area contributed by atoms with E-state index in [1.165, 1.54) is 37.9 Å². The molecule has 0 aliphatic carbocycles. The highest BCUT2D eigenvalue weighted by Gasteiger charge is 2.10. The number of piperidine rings is 1. The van der Waals surface area contributed by atoms with E-state index < -0.39 is 0 Å². The lowest BCUT2D eigenvalue weighted by molar-refractivity contribution is -0.116. The summed E-state index contributed by atoms with van der Waals surface area (Å²) in [6, 6.07) is 15.6. The second kappa shape index (κ2) is 10.7. The average Bonchev–Trinajstić information content (AvgIpc) is 2.74.